The van der Waals surface area contributed by atoms with Crippen LogP contribution in [0.4, 0.5) is 92.2 Å². The molecule has 28 heteroatoms. The molecule has 0 fully saturated rings. The van der Waals surface area contributed by atoms with E-state index in [0.29, 0.717) is 0 Å². The van der Waals surface area contributed by atoms with Crippen molar-refractivity contribution in [3.8, 4) is 0 Å². The Morgan fingerprint density at radius 1 is 0.328 bits per heavy atom. The number of allylic oxidation sites excluding steroid dienone is 6. The number of alkyl halides is 21. The van der Waals surface area contributed by atoms with Crippen LogP contribution in [0.2, 0.25) is 0 Å². The maximum atomic E-state index is 12.9. The molecule has 0 radical (unpaired) electrons. The van der Waals surface area contributed by atoms with E-state index >= 15 is 0 Å². The summed E-state index contributed by atoms with van der Waals surface area (Å²) >= 11 is 0. The van der Waals surface area contributed by atoms with Crippen LogP contribution in [-0.2, 0) is 14.4 Å². The number of ketones is 3. The van der Waals surface area contributed by atoms with Crippen molar-refractivity contribution in [3.63, 3.8) is 0 Å². The molecule has 0 aliphatic heterocycles. The Bertz CT molecular complexity index is 1350. The Morgan fingerprint density at radius 2 is 0.448 bits per heavy atom. The van der Waals surface area contributed by atoms with E-state index in [-0.39, 0.29) is 59.1 Å². The largest absolute Gasteiger partial charge is 0.506 e. The average Bonchev–Trinajstić information content (AvgIpc) is 2.93. The van der Waals surface area contributed by atoms with Crippen molar-refractivity contribution in [3.05, 3.63) is 35.5 Å². The van der Waals surface area contributed by atoms with Gasteiger partial charge in [0, 0.05) is 75.3 Å². The summed E-state index contributed by atoms with van der Waals surface area (Å²) in [6.07, 6.45) is -20.7. The second-order valence-corrected chi connectivity index (χ2v) is 14.4. The van der Waals surface area contributed by atoms with Gasteiger partial charge in [0.25, 0.3) is 0 Å². The number of aliphatic hydroxyl groups excluding tert-OH is 3. The summed E-state index contributed by atoms with van der Waals surface area (Å²) in [6, 6.07) is 0. The van der Waals surface area contributed by atoms with Gasteiger partial charge in [0.05, 0.1) is 0 Å². The van der Waals surface area contributed by atoms with E-state index in [9.17, 15) is 107 Å². The molecular weight excluding hydrogens is 1000 g/mol. The minimum absolute atomic E-state index is 0. The second-order valence-electron chi connectivity index (χ2n) is 14.4. The number of hydrogen-bond acceptors (Lipinski definition) is 6. The van der Waals surface area contributed by atoms with Gasteiger partial charge in [0.1, 0.15) is 0 Å². The Labute approximate surface area is 347 Å². The van der Waals surface area contributed by atoms with Gasteiger partial charge in [0.2, 0.25) is 0 Å². The summed E-state index contributed by atoms with van der Waals surface area (Å²) in [5.41, 5.74) is -3.97. The van der Waals surface area contributed by atoms with Gasteiger partial charge in [-0.1, -0.05) is 62.3 Å². The van der Waals surface area contributed by atoms with Crippen molar-refractivity contribution < 1.29 is 163 Å². The first-order valence-electron chi connectivity index (χ1n) is 14.5. The molecular formula is C30H33F21NdO6. The zero-order valence-corrected chi connectivity index (χ0v) is 33.9. The van der Waals surface area contributed by atoms with Crippen LogP contribution in [0, 0.1) is 57.1 Å². The van der Waals surface area contributed by atoms with Crippen LogP contribution in [0.3, 0.4) is 0 Å². The van der Waals surface area contributed by atoms with Crippen LogP contribution in [0.15, 0.2) is 35.5 Å². The van der Waals surface area contributed by atoms with Crippen molar-refractivity contribution in [2.45, 2.75) is 116 Å². The van der Waals surface area contributed by atoms with E-state index < -0.39 is 105 Å². The van der Waals surface area contributed by atoms with E-state index in [2.05, 4.69) is 0 Å². The van der Waals surface area contributed by atoms with E-state index in [1.807, 2.05) is 0 Å². The van der Waals surface area contributed by atoms with Gasteiger partial charge in [-0.2, -0.15) is 92.2 Å². The van der Waals surface area contributed by atoms with Crippen molar-refractivity contribution >= 4 is 17.3 Å². The molecule has 0 aromatic rings. The molecule has 0 aliphatic carbocycles. The molecule has 340 valence electrons. The number of halogens is 21. The summed E-state index contributed by atoms with van der Waals surface area (Å²) < 4.78 is 259. The van der Waals surface area contributed by atoms with E-state index in [1.165, 1.54) is 62.3 Å². The molecule has 0 aliphatic rings. The second kappa shape index (κ2) is 19.1. The maximum Gasteiger partial charge on any atom is 0.460 e. The van der Waals surface area contributed by atoms with Crippen LogP contribution >= 0.6 is 0 Å². The molecule has 0 spiro atoms. The smallest absolute Gasteiger partial charge is 0.460 e. The van der Waals surface area contributed by atoms with Crippen molar-refractivity contribution in [2.75, 3.05) is 0 Å². The Hall–Kier alpha value is -2.49. The molecule has 0 saturated heterocycles. The standard InChI is InChI=1S/3C10H11F7O2.Nd/c3*1-7(2,3)5(18)4-6(19)8(11,12)9(13,14)10(15,16)17;/h3*4,19H,1-3H3;/b3*6-4-;. The molecule has 6 nitrogen and oxygen atoms in total. The van der Waals surface area contributed by atoms with Crippen LogP contribution < -0.4 is 0 Å². The Morgan fingerprint density at radius 3 is 0.534 bits per heavy atom. The normalized spacial score (nSPS) is 15.3. The summed E-state index contributed by atoms with van der Waals surface area (Å²) in [5.74, 6) is -48.8. The summed E-state index contributed by atoms with van der Waals surface area (Å²) in [4.78, 5) is 33.6. The molecule has 0 amide bonds. The van der Waals surface area contributed by atoms with Gasteiger partial charge >= 0.3 is 54.1 Å². The summed E-state index contributed by atoms with van der Waals surface area (Å²) in [7, 11) is 0. The molecule has 58 heavy (non-hydrogen) atoms. The third-order valence-corrected chi connectivity index (χ3v) is 6.24. The Balaban J connectivity index is -0.000000374. The van der Waals surface area contributed by atoms with Crippen LogP contribution in [0.5, 0.6) is 0 Å². The molecule has 0 aromatic heterocycles. The molecule has 0 rings (SSSR count). The zero-order valence-electron chi connectivity index (χ0n) is 30.7. The first kappa shape index (κ1) is 62.2. The van der Waals surface area contributed by atoms with E-state index in [0.717, 1.165) is 0 Å². The SMILES string of the molecule is CC(C)(C)C(=O)/C=C(\O)C(F)(F)C(F)(F)C(F)(F)F.CC(C)(C)C(=O)/C=C(\O)C(F)(F)C(F)(F)C(F)(F)F.CC(C)(C)C(=O)/C=C(\O)C(F)(F)C(F)(F)C(F)(F)F.[Nd]. The maximum absolute atomic E-state index is 12.9. The van der Waals surface area contributed by atoms with Gasteiger partial charge in [-0.25, -0.2) is 0 Å². The van der Waals surface area contributed by atoms with Crippen molar-refractivity contribution in [2.24, 2.45) is 16.2 Å². The predicted molar refractivity (Wildman–Crippen MR) is 153 cm³/mol. The van der Waals surface area contributed by atoms with Crippen molar-refractivity contribution in [1.82, 2.24) is 0 Å². The third kappa shape index (κ3) is 14.9. The van der Waals surface area contributed by atoms with Gasteiger partial charge in [-0.3, -0.25) is 14.4 Å². The fourth-order valence-electron chi connectivity index (χ4n) is 2.31. The summed E-state index contributed by atoms with van der Waals surface area (Å²) in [5, 5.41) is 26.2. The molecule has 0 atom stereocenters. The average molecular weight is 1030 g/mol. The number of hydrogen-bond donors (Lipinski definition) is 3. The molecule has 0 aromatic carbocycles. The van der Waals surface area contributed by atoms with E-state index in [1.54, 1.807) is 0 Å². The molecule has 0 saturated carbocycles. The zero-order chi connectivity index (χ0) is 47.6. The number of carbonyl (C=O) groups excluding carboxylic acids is 3. The van der Waals surface area contributed by atoms with Gasteiger partial charge in [-0.05, 0) is 0 Å². The third-order valence-electron chi connectivity index (χ3n) is 6.24. The summed E-state index contributed by atoms with van der Waals surface area (Å²) in [6.45, 7) is 10.9. The number of carbonyl (C=O) groups is 3. The van der Waals surface area contributed by atoms with Crippen LogP contribution in [0.25, 0.3) is 0 Å². The fraction of sp³-hybridized carbons (Fsp3) is 0.700. The van der Waals surface area contributed by atoms with Gasteiger partial charge in [-0.15, -0.1) is 0 Å². The molecule has 0 heterocycles. The molecule has 0 bridgehead atoms. The first-order chi connectivity index (χ1) is 24.1. The van der Waals surface area contributed by atoms with Crippen molar-refractivity contribution in [1.29, 1.82) is 0 Å². The minimum atomic E-state index is -6.57. The molecule has 0 unspecified atom stereocenters. The van der Waals surface area contributed by atoms with Gasteiger partial charge in [0.15, 0.2) is 34.6 Å². The number of rotatable bonds is 9. The monoisotopic (exact) mass is 1030 g/mol. The van der Waals surface area contributed by atoms with Crippen LogP contribution in [0.1, 0.15) is 62.3 Å². The number of aliphatic hydroxyl groups is 3. The predicted octanol–water partition coefficient (Wildman–Crippen LogP) is 11.6. The molecule has 3 N–H and O–H groups in total. The van der Waals surface area contributed by atoms with E-state index in [4.69, 9.17) is 15.3 Å². The quantitative estimate of drug-likeness (QED) is 0.121. The Kier molecular flexibility index (Phi) is 20.4. The fourth-order valence-corrected chi connectivity index (χ4v) is 2.31. The first-order valence-corrected chi connectivity index (χ1v) is 14.5. The topological polar surface area (TPSA) is 112 Å². The van der Waals surface area contributed by atoms with Crippen LogP contribution in [-0.4, -0.2) is 86.7 Å². The van der Waals surface area contributed by atoms with Gasteiger partial charge < -0.3 is 15.3 Å². The minimum Gasteiger partial charge on any atom is -0.506 e.